The van der Waals surface area contributed by atoms with E-state index in [0.717, 1.165) is 0 Å². The van der Waals surface area contributed by atoms with Gasteiger partial charge in [-0.05, 0) is 40.5 Å². The van der Waals surface area contributed by atoms with Crippen LogP contribution in [0.3, 0.4) is 0 Å². The molecule has 1 N–H and O–H groups in total. The Morgan fingerprint density at radius 2 is 2.17 bits per heavy atom. The van der Waals surface area contributed by atoms with E-state index in [9.17, 15) is 13.6 Å². The van der Waals surface area contributed by atoms with Gasteiger partial charge in [0.15, 0.2) is 0 Å². The molecule has 3 nitrogen and oxygen atoms in total. The van der Waals surface area contributed by atoms with E-state index in [2.05, 4.69) is 15.9 Å². The zero-order valence-electron chi connectivity index (χ0n) is 9.75. The smallest absolute Gasteiger partial charge is 0.303 e. The Kier molecular flexibility index (Phi) is 5.07. The van der Waals surface area contributed by atoms with Gasteiger partial charge in [-0.15, -0.1) is 0 Å². The molecular weight excluding hydrogens is 310 g/mol. The maximum atomic E-state index is 13.8. The molecule has 6 heteroatoms. The number of benzene rings is 1. The molecule has 0 heterocycles. The minimum atomic E-state index is -3.04. The maximum absolute atomic E-state index is 13.8. The average molecular weight is 323 g/mol. The number of carboxylic acid groups (broad SMARTS) is 1. The van der Waals surface area contributed by atoms with Crippen molar-refractivity contribution in [3.05, 3.63) is 28.2 Å². The number of carboxylic acids is 1. The van der Waals surface area contributed by atoms with Crippen molar-refractivity contribution in [3.8, 4) is 5.75 Å². The van der Waals surface area contributed by atoms with E-state index in [1.54, 1.807) is 0 Å². The Labute approximate surface area is 112 Å². The van der Waals surface area contributed by atoms with Gasteiger partial charge in [0, 0.05) is 18.4 Å². The molecule has 1 rings (SSSR count). The third kappa shape index (κ3) is 3.94. The van der Waals surface area contributed by atoms with Gasteiger partial charge in [0.1, 0.15) is 5.75 Å². The molecule has 1 aromatic rings. The lowest BCUT2D eigenvalue weighted by Gasteiger charge is -2.17. The summed E-state index contributed by atoms with van der Waals surface area (Å²) in [6.07, 6.45) is -0.809. The molecule has 0 bridgehead atoms. The first kappa shape index (κ1) is 14.9. The monoisotopic (exact) mass is 322 g/mol. The quantitative estimate of drug-likeness (QED) is 0.866. The maximum Gasteiger partial charge on any atom is 0.303 e. The second kappa shape index (κ2) is 6.13. The van der Waals surface area contributed by atoms with Crippen molar-refractivity contribution < 1.29 is 23.4 Å². The highest BCUT2D eigenvalue weighted by Gasteiger charge is 2.31. The molecule has 100 valence electrons. The van der Waals surface area contributed by atoms with Gasteiger partial charge in [-0.1, -0.05) is 0 Å². The SMILES string of the molecule is COc1ccc(C(F)(F)CCCC(=O)O)cc1Br. The van der Waals surface area contributed by atoms with Gasteiger partial charge in [-0.2, -0.15) is 0 Å². The van der Waals surface area contributed by atoms with Gasteiger partial charge in [0.2, 0.25) is 0 Å². The third-order valence-corrected chi connectivity index (χ3v) is 3.08. The van der Waals surface area contributed by atoms with Crippen LogP contribution in [0.1, 0.15) is 24.8 Å². The van der Waals surface area contributed by atoms with Crippen molar-refractivity contribution >= 4 is 21.9 Å². The molecule has 0 fully saturated rings. The Morgan fingerprint density at radius 3 is 2.67 bits per heavy atom. The number of alkyl halides is 2. The van der Waals surface area contributed by atoms with Crippen LogP contribution in [0.15, 0.2) is 22.7 Å². The van der Waals surface area contributed by atoms with E-state index < -0.39 is 18.3 Å². The first-order valence-corrected chi connectivity index (χ1v) is 6.10. The Balaban J connectivity index is 2.77. The fourth-order valence-electron chi connectivity index (χ4n) is 1.50. The fourth-order valence-corrected chi connectivity index (χ4v) is 2.04. The third-order valence-electron chi connectivity index (χ3n) is 2.46. The topological polar surface area (TPSA) is 46.5 Å². The molecule has 0 aliphatic rings. The van der Waals surface area contributed by atoms with Gasteiger partial charge in [0.25, 0.3) is 5.92 Å². The van der Waals surface area contributed by atoms with Crippen LogP contribution < -0.4 is 4.74 Å². The van der Waals surface area contributed by atoms with Crippen LogP contribution >= 0.6 is 15.9 Å². The molecule has 0 saturated heterocycles. The molecule has 18 heavy (non-hydrogen) atoms. The zero-order chi connectivity index (χ0) is 13.8. The predicted octanol–water partition coefficient (Wildman–Crippen LogP) is 3.80. The highest BCUT2D eigenvalue weighted by atomic mass is 79.9. The first-order valence-electron chi connectivity index (χ1n) is 5.30. The second-order valence-electron chi connectivity index (χ2n) is 3.80. The summed E-state index contributed by atoms with van der Waals surface area (Å²) >= 11 is 3.14. The standard InChI is InChI=1S/C12H13BrF2O3/c1-18-10-5-4-8(7-9(10)13)12(14,15)6-2-3-11(16)17/h4-5,7H,2-3,6H2,1H3,(H,16,17). The van der Waals surface area contributed by atoms with E-state index in [0.29, 0.717) is 10.2 Å². The largest absolute Gasteiger partial charge is 0.496 e. The normalized spacial score (nSPS) is 11.3. The number of ether oxygens (including phenoxy) is 1. The summed E-state index contributed by atoms with van der Waals surface area (Å²) in [7, 11) is 1.45. The number of methoxy groups -OCH3 is 1. The molecule has 0 atom stereocenters. The van der Waals surface area contributed by atoms with Crippen LogP contribution in [-0.4, -0.2) is 18.2 Å². The van der Waals surface area contributed by atoms with E-state index in [-0.39, 0.29) is 18.4 Å². The van der Waals surface area contributed by atoms with Crippen LogP contribution in [-0.2, 0) is 10.7 Å². The van der Waals surface area contributed by atoms with Crippen molar-refractivity contribution in [1.29, 1.82) is 0 Å². The molecule has 0 amide bonds. The summed E-state index contributed by atoms with van der Waals surface area (Å²) < 4.78 is 32.9. The predicted molar refractivity (Wildman–Crippen MR) is 66.1 cm³/mol. The molecule has 0 aliphatic heterocycles. The summed E-state index contributed by atoms with van der Waals surface area (Å²) in [6, 6.07) is 4.02. The summed E-state index contributed by atoms with van der Waals surface area (Å²) in [5.41, 5.74) is -0.152. The van der Waals surface area contributed by atoms with Crippen LogP contribution in [0.25, 0.3) is 0 Å². The van der Waals surface area contributed by atoms with Crippen LogP contribution in [0.2, 0.25) is 0 Å². The Morgan fingerprint density at radius 1 is 1.50 bits per heavy atom. The highest BCUT2D eigenvalue weighted by Crippen LogP contribution is 2.37. The van der Waals surface area contributed by atoms with Crippen LogP contribution in [0.4, 0.5) is 8.78 Å². The lowest BCUT2D eigenvalue weighted by molar-refractivity contribution is -0.137. The number of hydrogen-bond donors (Lipinski definition) is 1. The van der Waals surface area contributed by atoms with E-state index >= 15 is 0 Å². The fraction of sp³-hybridized carbons (Fsp3) is 0.417. The number of halogens is 3. The lowest BCUT2D eigenvalue weighted by atomic mass is 10.0. The molecule has 0 radical (unpaired) electrons. The molecule has 0 unspecified atom stereocenters. The van der Waals surface area contributed by atoms with Crippen molar-refractivity contribution in [3.63, 3.8) is 0 Å². The minimum Gasteiger partial charge on any atom is -0.496 e. The number of aliphatic carboxylic acids is 1. The number of carbonyl (C=O) groups is 1. The summed E-state index contributed by atoms with van der Waals surface area (Å²) in [4.78, 5) is 10.3. The Hall–Kier alpha value is -1.17. The summed E-state index contributed by atoms with van der Waals surface area (Å²) in [5.74, 6) is -3.63. The van der Waals surface area contributed by atoms with Crippen molar-refractivity contribution in [1.82, 2.24) is 0 Å². The number of hydrogen-bond acceptors (Lipinski definition) is 2. The lowest BCUT2D eigenvalue weighted by Crippen LogP contribution is -2.14. The number of rotatable bonds is 6. The average Bonchev–Trinajstić information content (AvgIpc) is 2.28. The van der Waals surface area contributed by atoms with Gasteiger partial charge in [-0.3, -0.25) is 4.79 Å². The molecule has 0 spiro atoms. The molecule has 0 saturated carbocycles. The molecule has 0 aromatic heterocycles. The van der Waals surface area contributed by atoms with Crippen molar-refractivity contribution in [2.24, 2.45) is 0 Å². The van der Waals surface area contributed by atoms with Gasteiger partial charge in [-0.25, -0.2) is 8.78 Å². The van der Waals surface area contributed by atoms with Gasteiger partial charge < -0.3 is 9.84 Å². The highest BCUT2D eigenvalue weighted by molar-refractivity contribution is 9.10. The van der Waals surface area contributed by atoms with Gasteiger partial charge in [0.05, 0.1) is 11.6 Å². The van der Waals surface area contributed by atoms with Crippen molar-refractivity contribution in [2.75, 3.05) is 7.11 Å². The van der Waals surface area contributed by atoms with E-state index in [1.165, 1.54) is 25.3 Å². The molecule has 1 aromatic carbocycles. The molecule has 0 aliphatic carbocycles. The van der Waals surface area contributed by atoms with E-state index in [4.69, 9.17) is 9.84 Å². The summed E-state index contributed by atoms with van der Waals surface area (Å²) in [6.45, 7) is 0. The minimum absolute atomic E-state index is 0.0635. The van der Waals surface area contributed by atoms with Crippen LogP contribution in [0.5, 0.6) is 5.75 Å². The van der Waals surface area contributed by atoms with E-state index in [1.807, 2.05) is 0 Å². The van der Waals surface area contributed by atoms with Gasteiger partial charge >= 0.3 is 5.97 Å². The zero-order valence-corrected chi connectivity index (χ0v) is 11.3. The summed E-state index contributed by atoms with van der Waals surface area (Å²) in [5, 5.41) is 8.42. The van der Waals surface area contributed by atoms with Crippen molar-refractivity contribution in [2.45, 2.75) is 25.2 Å². The molecular formula is C12H13BrF2O3. The Bertz CT molecular complexity index is 435. The van der Waals surface area contributed by atoms with Crippen LogP contribution in [0, 0.1) is 0 Å². The second-order valence-corrected chi connectivity index (χ2v) is 4.66. The first-order chi connectivity index (χ1) is 8.36.